The van der Waals surface area contributed by atoms with E-state index in [4.69, 9.17) is 4.84 Å². The quantitative estimate of drug-likeness (QED) is 0.565. The second kappa shape index (κ2) is 7.76. The van der Waals surface area contributed by atoms with Crippen molar-refractivity contribution in [3.05, 3.63) is 48.0 Å². The van der Waals surface area contributed by atoms with Gasteiger partial charge in [-0.15, -0.1) is 0 Å². The number of amides is 1. The van der Waals surface area contributed by atoms with Gasteiger partial charge in [0.25, 0.3) is 0 Å². The summed E-state index contributed by atoms with van der Waals surface area (Å²) in [5, 5.41) is 3.66. The van der Waals surface area contributed by atoms with Crippen LogP contribution in [0.4, 0.5) is 0 Å². The summed E-state index contributed by atoms with van der Waals surface area (Å²) in [6.45, 7) is 5.83. The molecule has 0 aromatic heterocycles. The number of nitrogens with zero attached hydrogens (tertiary/aromatic N) is 1. The van der Waals surface area contributed by atoms with Crippen LogP contribution in [0.25, 0.3) is 10.8 Å². The summed E-state index contributed by atoms with van der Waals surface area (Å²) in [4.78, 5) is 17.4. The Morgan fingerprint density at radius 3 is 2.52 bits per heavy atom. The molecule has 0 N–H and O–H groups in total. The van der Waals surface area contributed by atoms with Gasteiger partial charge in [0.05, 0.1) is 7.14 Å². The average molecular weight is 333 g/mol. The van der Waals surface area contributed by atoms with E-state index in [1.165, 1.54) is 12.0 Å². The Balaban J connectivity index is 2.00. The largest absolute Gasteiger partial charge is 0.324 e. The number of carbonyl (C=O) groups is 1. The Labute approximate surface area is 137 Å². The second-order valence-electron chi connectivity index (χ2n) is 6.18. The molecular formula is C18H24NO3P. The van der Waals surface area contributed by atoms with E-state index in [0.717, 1.165) is 16.3 Å². The zero-order chi connectivity index (χ0) is 16.9. The number of benzene rings is 2. The van der Waals surface area contributed by atoms with Crippen molar-refractivity contribution in [1.82, 2.24) is 5.06 Å². The zero-order valence-electron chi connectivity index (χ0n) is 14.0. The van der Waals surface area contributed by atoms with E-state index >= 15 is 0 Å². The summed E-state index contributed by atoms with van der Waals surface area (Å²) in [7, 11) is -2.06. The Morgan fingerprint density at radius 2 is 1.83 bits per heavy atom. The predicted molar refractivity (Wildman–Crippen MR) is 95.1 cm³/mol. The Kier molecular flexibility index (Phi) is 5.97. The molecule has 2 rings (SSSR count). The summed E-state index contributed by atoms with van der Waals surface area (Å²) in [5.41, 5.74) is 1.05. The fraction of sp³-hybridized carbons (Fsp3) is 0.389. The van der Waals surface area contributed by atoms with E-state index in [-0.39, 0.29) is 5.91 Å². The Bertz CT molecular complexity index is 718. The van der Waals surface area contributed by atoms with Crippen LogP contribution in [0.2, 0.25) is 0 Å². The third-order valence-corrected chi connectivity index (χ3v) is 5.06. The number of carbonyl (C=O) groups excluding carboxylic acids is 1. The number of fused-ring (bicyclic) bond motifs is 1. The number of hydroxylamine groups is 2. The maximum atomic E-state index is 11.7. The van der Waals surface area contributed by atoms with Gasteiger partial charge in [0.1, 0.15) is 6.61 Å². The van der Waals surface area contributed by atoms with Gasteiger partial charge < -0.3 is 4.57 Å². The molecule has 0 radical (unpaired) electrons. The summed E-state index contributed by atoms with van der Waals surface area (Å²) in [6.07, 6.45) is 1.30. The van der Waals surface area contributed by atoms with Crippen LogP contribution in [0.3, 0.4) is 0 Å². The third kappa shape index (κ3) is 5.49. The normalized spacial score (nSPS) is 11.6. The summed E-state index contributed by atoms with van der Waals surface area (Å²) >= 11 is 0. The third-order valence-electron chi connectivity index (χ3n) is 3.66. The first kappa shape index (κ1) is 17.7. The molecule has 2 aromatic carbocycles. The topological polar surface area (TPSA) is 46.6 Å². The van der Waals surface area contributed by atoms with Crippen molar-refractivity contribution in [3.8, 4) is 0 Å². The van der Waals surface area contributed by atoms with Gasteiger partial charge in [-0.05, 0) is 36.1 Å². The van der Waals surface area contributed by atoms with Gasteiger partial charge in [0.2, 0.25) is 5.91 Å². The van der Waals surface area contributed by atoms with Crippen molar-refractivity contribution in [1.29, 1.82) is 0 Å². The Hall–Kier alpha value is -1.64. The average Bonchev–Trinajstić information content (AvgIpc) is 2.49. The van der Waals surface area contributed by atoms with E-state index in [2.05, 4.69) is 18.2 Å². The first-order valence-electron chi connectivity index (χ1n) is 7.78. The highest BCUT2D eigenvalue weighted by Gasteiger charge is 2.13. The summed E-state index contributed by atoms with van der Waals surface area (Å²) in [6, 6.07) is 14.2. The van der Waals surface area contributed by atoms with E-state index in [0.29, 0.717) is 25.7 Å². The molecule has 4 nitrogen and oxygen atoms in total. The number of rotatable bonds is 7. The first-order chi connectivity index (χ1) is 10.9. The molecule has 0 fully saturated rings. The lowest BCUT2D eigenvalue weighted by atomic mass is 10.1. The minimum absolute atomic E-state index is 0.132. The number of hydrogen-bond acceptors (Lipinski definition) is 3. The van der Waals surface area contributed by atoms with Crippen molar-refractivity contribution in [2.24, 2.45) is 0 Å². The standard InChI is InChI=1S/C18H24NO3P/c1-15(20)19(12-7-13-23(2,3)21)22-14-17-10-6-9-16-8-4-5-11-18(16)17/h4-6,8-11H,7,12-14H2,1-3H3. The van der Waals surface area contributed by atoms with Crippen molar-refractivity contribution in [2.75, 3.05) is 26.0 Å². The molecular weight excluding hydrogens is 309 g/mol. The lowest BCUT2D eigenvalue weighted by Crippen LogP contribution is -2.30. The highest BCUT2D eigenvalue weighted by molar-refractivity contribution is 7.62. The minimum Gasteiger partial charge on any atom is -0.324 e. The van der Waals surface area contributed by atoms with Gasteiger partial charge in [-0.1, -0.05) is 42.5 Å². The highest BCUT2D eigenvalue weighted by atomic mass is 31.2. The zero-order valence-corrected chi connectivity index (χ0v) is 14.9. The fourth-order valence-corrected chi connectivity index (χ4v) is 3.38. The van der Waals surface area contributed by atoms with Crippen LogP contribution >= 0.6 is 7.14 Å². The molecule has 0 spiro atoms. The van der Waals surface area contributed by atoms with Crippen LogP contribution in [-0.4, -0.2) is 37.0 Å². The summed E-state index contributed by atoms with van der Waals surface area (Å²) < 4.78 is 11.7. The maximum absolute atomic E-state index is 11.7. The summed E-state index contributed by atoms with van der Waals surface area (Å²) in [5.74, 6) is -0.132. The molecule has 0 saturated heterocycles. The smallest absolute Gasteiger partial charge is 0.243 e. The predicted octanol–water partition coefficient (Wildman–Crippen LogP) is 4.13. The van der Waals surface area contributed by atoms with Crippen molar-refractivity contribution >= 4 is 23.8 Å². The van der Waals surface area contributed by atoms with Gasteiger partial charge in [-0.2, -0.15) is 0 Å². The van der Waals surface area contributed by atoms with E-state index in [1.54, 1.807) is 13.3 Å². The molecule has 23 heavy (non-hydrogen) atoms. The maximum Gasteiger partial charge on any atom is 0.243 e. The SMILES string of the molecule is CC(=O)N(CCCP(C)(C)=O)OCc1cccc2ccccc12. The number of hydrogen-bond donors (Lipinski definition) is 0. The second-order valence-corrected chi connectivity index (χ2v) is 9.78. The molecule has 5 heteroatoms. The lowest BCUT2D eigenvalue weighted by Gasteiger charge is -2.21. The monoisotopic (exact) mass is 333 g/mol. The van der Waals surface area contributed by atoms with Crippen molar-refractivity contribution in [3.63, 3.8) is 0 Å². The van der Waals surface area contributed by atoms with E-state index < -0.39 is 7.14 Å². The minimum atomic E-state index is -2.06. The Morgan fingerprint density at radius 1 is 1.13 bits per heavy atom. The van der Waals surface area contributed by atoms with Crippen LogP contribution in [0, 0.1) is 0 Å². The molecule has 0 atom stereocenters. The lowest BCUT2D eigenvalue weighted by molar-refractivity contribution is -0.189. The van der Waals surface area contributed by atoms with Crippen LogP contribution in [0.5, 0.6) is 0 Å². The van der Waals surface area contributed by atoms with Crippen LogP contribution in [0.15, 0.2) is 42.5 Å². The molecule has 0 aliphatic heterocycles. The molecule has 124 valence electrons. The molecule has 0 aliphatic rings. The molecule has 0 saturated carbocycles. The van der Waals surface area contributed by atoms with Gasteiger partial charge in [-0.3, -0.25) is 9.63 Å². The van der Waals surface area contributed by atoms with Gasteiger partial charge in [-0.25, -0.2) is 5.06 Å². The van der Waals surface area contributed by atoms with E-state index in [9.17, 15) is 9.36 Å². The van der Waals surface area contributed by atoms with Gasteiger partial charge >= 0.3 is 0 Å². The molecule has 0 aliphatic carbocycles. The van der Waals surface area contributed by atoms with Crippen LogP contribution in [-0.2, 0) is 20.8 Å². The molecule has 2 aromatic rings. The highest BCUT2D eigenvalue weighted by Crippen LogP contribution is 2.36. The molecule has 0 bridgehead atoms. The first-order valence-corrected chi connectivity index (χ1v) is 10.6. The van der Waals surface area contributed by atoms with Crippen molar-refractivity contribution < 1.29 is 14.2 Å². The molecule has 0 unspecified atom stereocenters. The molecule has 0 heterocycles. The van der Waals surface area contributed by atoms with Crippen LogP contribution in [0.1, 0.15) is 18.9 Å². The van der Waals surface area contributed by atoms with E-state index in [1.807, 2.05) is 24.3 Å². The van der Waals surface area contributed by atoms with Crippen LogP contribution < -0.4 is 0 Å². The van der Waals surface area contributed by atoms with Gasteiger partial charge in [0.15, 0.2) is 0 Å². The fourth-order valence-electron chi connectivity index (χ4n) is 2.47. The van der Waals surface area contributed by atoms with Crippen molar-refractivity contribution in [2.45, 2.75) is 20.0 Å². The van der Waals surface area contributed by atoms with Gasteiger partial charge in [0, 0.05) is 19.6 Å². The molecule has 1 amide bonds.